The van der Waals surface area contributed by atoms with Gasteiger partial charge in [0.05, 0.1) is 0 Å². The number of carbonyl (C=O) groups is 1. The van der Waals surface area contributed by atoms with E-state index in [1.54, 1.807) is 24.3 Å². The standard InChI is InChI=1S/C21H19BrO4/c1-12(2)20-13(3)17-9-8-16(10-19(17)26-21(20)24)25-11-18(23)14-4-6-15(22)7-5-14/h4-10,12H,11H2,1-3H3. The molecule has 134 valence electrons. The minimum atomic E-state index is -0.326. The molecule has 5 heteroatoms. The van der Waals surface area contributed by atoms with Crippen molar-refractivity contribution in [1.82, 2.24) is 0 Å². The van der Waals surface area contributed by atoms with Gasteiger partial charge in [-0.1, -0.05) is 41.9 Å². The maximum Gasteiger partial charge on any atom is 0.339 e. The fourth-order valence-electron chi connectivity index (χ4n) is 2.98. The molecule has 0 unspecified atom stereocenters. The predicted molar refractivity (Wildman–Crippen MR) is 105 cm³/mol. The van der Waals surface area contributed by atoms with Gasteiger partial charge in [-0.25, -0.2) is 4.79 Å². The van der Waals surface area contributed by atoms with E-state index in [9.17, 15) is 9.59 Å². The summed E-state index contributed by atoms with van der Waals surface area (Å²) in [6.45, 7) is 5.78. The normalized spacial score (nSPS) is 11.1. The Balaban J connectivity index is 1.83. The molecule has 0 spiro atoms. The zero-order chi connectivity index (χ0) is 18.8. The van der Waals surface area contributed by atoms with Crippen LogP contribution in [0.25, 0.3) is 11.0 Å². The Morgan fingerprint density at radius 2 is 1.85 bits per heavy atom. The quantitative estimate of drug-likeness (QED) is 0.422. The number of hydrogen-bond acceptors (Lipinski definition) is 4. The summed E-state index contributed by atoms with van der Waals surface area (Å²) < 4.78 is 12.0. The predicted octanol–water partition coefficient (Wildman–Crippen LogP) is 5.25. The van der Waals surface area contributed by atoms with E-state index in [1.807, 2.05) is 39.0 Å². The van der Waals surface area contributed by atoms with Crippen LogP contribution in [-0.4, -0.2) is 12.4 Å². The van der Waals surface area contributed by atoms with Crippen molar-refractivity contribution in [1.29, 1.82) is 0 Å². The summed E-state index contributed by atoms with van der Waals surface area (Å²) in [6.07, 6.45) is 0. The van der Waals surface area contributed by atoms with Gasteiger partial charge in [0.25, 0.3) is 0 Å². The molecule has 0 amide bonds. The van der Waals surface area contributed by atoms with Gasteiger partial charge in [-0.3, -0.25) is 4.79 Å². The van der Waals surface area contributed by atoms with Crippen molar-refractivity contribution >= 4 is 32.7 Å². The Labute approximate surface area is 159 Å². The van der Waals surface area contributed by atoms with Gasteiger partial charge < -0.3 is 9.15 Å². The SMILES string of the molecule is Cc1c(C(C)C)c(=O)oc2cc(OCC(=O)c3ccc(Br)cc3)ccc12. The Morgan fingerprint density at radius 1 is 1.15 bits per heavy atom. The minimum absolute atomic E-state index is 0.0829. The molecule has 0 saturated heterocycles. The van der Waals surface area contributed by atoms with E-state index >= 15 is 0 Å². The van der Waals surface area contributed by atoms with E-state index in [-0.39, 0.29) is 23.9 Å². The smallest absolute Gasteiger partial charge is 0.339 e. The van der Waals surface area contributed by atoms with Crippen LogP contribution in [0.3, 0.4) is 0 Å². The molecule has 4 nitrogen and oxygen atoms in total. The van der Waals surface area contributed by atoms with Crippen LogP contribution in [0, 0.1) is 6.92 Å². The highest BCUT2D eigenvalue weighted by Crippen LogP contribution is 2.27. The van der Waals surface area contributed by atoms with Gasteiger partial charge in [0.1, 0.15) is 11.3 Å². The molecule has 3 aromatic rings. The maximum atomic E-state index is 12.2. The summed E-state index contributed by atoms with van der Waals surface area (Å²) in [7, 11) is 0. The van der Waals surface area contributed by atoms with Crippen LogP contribution in [0.4, 0.5) is 0 Å². The molecular formula is C21H19BrO4. The van der Waals surface area contributed by atoms with Crippen molar-refractivity contribution in [3.8, 4) is 5.75 Å². The van der Waals surface area contributed by atoms with Crippen molar-refractivity contribution in [3.05, 3.63) is 74.0 Å². The van der Waals surface area contributed by atoms with Crippen molar-refractivity contribution in [3.63, 3.8) is 0 Å². The molecule has 0 aliphatic carbocycles. The second kappa shape index (κ2) is 7.46. The third-order valence-electron chi connectivity index (χ3n) is 4.30. The summed E-state index contributed by atoms with van der Waals surface area (Å²) in [5, 5.41) is 0.875. The Morgan fingerprint density at radius 3 is 2.50 bits per heavy atom. The average molecular weight is 415 g/mol. The van der Waals surface area contributed by atoms with Crippen LogP contribution >= 0.6 is 15.9 Å². The van der Waals surface area contributed by atoms with Gasteiger partial charge >= 0.3 is 5.63 Å². The molecule has 0 atom stereocenters. The highest BCUT2D eigenvalue weighted by Gasteiger charge is 2.15. The lowest BCUT2D eigenvalue weighted by atomic mass is 9.97. The van der Waals surface area contributed by atoms with E-state index in [4.69, 9.17) is 9.15 Å². The Kier molecular flexibility index (Phi) is 5.28. The van der Waals surface area contributed by atoms with Crippen LogP contribution in [-0.2, 0) is 0 Å². The van der Waals surface area contributed by atoms with Gasteiger partial charge in [0, 0.05) is 27.1 Å². The van der Waals surface area contributed by atoms with E-state index < -0.39 is 0 Å². The summed E-state index contributed by atoms with van der Waals surface area (Å²) >= 11 is 3.34. The Hall–Kier alpha value is -2.40. The van der Waals surface area contributed by atoms with Crippen LogP contribution in [0.15, 0.2) is 56.1 Å². The van der Waals surface area contributed by atoms with Gasteiger partial charge in [-0.05, 0) is 42.7 Å². The number of benzene rings is 2. The number of halogens is 1. The number of fused-ring (bicyclic) bond motifs is 1. The zero-order valence-electron chi connectivity index (χ0n) is 14.8. The summed E-state index contributed by atoms with van der Waals surface area (Å²) in [5.74, 6) is 0.461. The number of hydrogen-bond donors (Lipinski definition) is 0. The number of carbonyl (C=O) groups excluding carboxylic acids is 1. The van der Waals surface area contributed by atoms with Gasteiger partial charge in [-0.15, -0.1) is 0 Å². The molecule has 0 bridgehead atoms. The van der Waals surface area contributed by atoms with Crippen LogP contribution < -0.4 is 10.4 Å². The molecule has 2 aromatic carbocycles. The first-order chi connectivity index (χ1) is 12.4. The zero-order valence-corrected chi connectivity index (χ0v) is 16.4. The van der Waals surface area contributed by atoms with E-state index in [2.05, 4.69) is 15.9 Å². The van der Waals surface area contributed by atoms with Crippen LogP contribution in [0.2, 0.25) is 0 Å². The first kappa shape index (κ1) is 18.4. The minimum Gasteiger partial charge on any atom is -0.485 e. The van der Waals surface area contributed by atoms with E-state index in [1.165, 1.54) is 0 Å². The summed E-state index contributed by atoms with van der Waals surface area (Å²) in [6, 6.07) is 12.4. The summed E-state index contributed by atoms with van der Waals surface area (Å²) in [5.41, 5.74) is 2.33. The number of ketones is 1. The highest BCUT2D eigenvalue weighted by atomic mass is 79.9. The molecular weight excluding hydrogens is 396 g/mol. The average Bonchev–Trinajstić information content (AvgIpc) is 2.59. The first-order valence-corrected chi connectivity index (χ1v) is 9.15. The lowest BCUT2D eigenvalue weighted by molar-refractivity contribution is 0.0921. The molecule has 1 heterocycles. The number of rotatable bonds is 5. The number of Topliss-reactive ketones (excluding diaryl/α,β-unsaturated/α-hetero) is 1. The van der Waals surface area contributed by atoms with Crippen LogP contribution in [0.5, 0.6) is 5.75 Å². The van der Waals surface area contributed by atoms with Gasteiger partial charge in [-0.2, -0.15) is 0 Å². The molecule has 26 heavy (non-hydrogen) atoms. The largest absolute Gasteiger partial charge is 0.485 e. The van der Waals surface area contributed by atoms with Crippen molar-refractivity contribution in [2.75, 3.05) is 6.61 Å². The fourth-order valence-corrected chi connectivity index (χ4v) is 3.24. The number of ether oxygens (including phenoxy) is 1. The summed E-state index contributed by atoms with van der Waals surface area (Å²) in [4.78, 5) is 24.4. The third-order valence-corrected chi connectivity index (χ3v) is 4.83. The highest BCUT2D eigenvalue weighted by molar-refractivity contribution is 9.10. The molecule has 3 rings (SSSR count). The van der Waals surface area contributed by atoms with Crippen molar-refractivity contribution in [2.24, 2.45) is 0 Å². The lowest BCUT2D eigenvalue weighted by Gasteiger charge is -2.11. The topological polar surface area (TPSA) is 56.5 Å². The fraction of sp³-hybridized carbons (Fsp3) is 0.238. The second-order valence-corrected chi connectivity index (χ2v) is 7.38. The number of aryl methyl sites for hydroxylation is 1. The molecule has 0 aliphatic heterocycles. The molecule has 0 N–H and O–H groups in total. The van der Waals surface area contributed by atoms with Crippen LogP contribution in [0.1, 0.15) is 41.3 Å². The van der Waals surface area contributed by atoms with E-state index in [0.717, 1.165) is 15.4 Å². The monoisotopic (exact) mass is 414 g/mol. The van der Waals surface area contributed by atoms with Crippen molar-refractivity contribution < 1.29 is 13.9 Å². The molecule has 0 radical (unpaired) electrons. The third kappa shape index (κ3) is 3.73. The van der Waals surface area contributed by atoms with Crippen molar-refractivity contribution in [2.45, 2.75) is 26.7 Å². The van der Waals surface area contributed by atoms with Gasteiger partial charge in [0.2, 0.25) is 0 Å². The lowest BCUT2D eigenvalue weighted by Crippen LogP contribution is -2.13. The molecule has 1 aromatic heterocycles. The maximum absolute atomic E-state index is 12.2. The van der Waals surface area contributed by atoms with Gasteiger partial charge in [0.15, 0.2) is 12.4 Å². The molecule has 0 fully saturated rings. The van der Waals surface area contributed by atoms with E-state index in [0.29, 0.717) is 22.5 Å². The molecule has 0 saturated carbocycles. The Bertz CT molecular complexity index is 1020. The molecule has 0 aliphatic rings. The second-order valence-electron chi connectivity index (χ2n) is 6.46. The first-order valence-electron chi connectivity index (χ1n) is 8.35.